The van der Waals surface area contributed by atoms with Crippen LogP contribution in [0.1, 0.15) is 46.0 Å². The van der Waals surface area contributed by atoms with Gasteiger partial charge in [0, 0.05) is 24.9 Å². The van der Waals surface area contributed by atoms with E-state index in [4.69, 9.17) is 9.57 Å². The molecule has 0 radical (unpaired) electrons. The van der Waals surface area contributed by atoms with Crippen molar-refractivity contribution >= 4 is 17.5 Å². The van der Waals surface area contributed by atoms with Crippen molar-refractivity contribution in [2.75, 3.05) is 19.8 Å². The van der Waals surface area contributed by atoms with Gasteiger partial charge in [0.25, 0.3) is 0 Å². The van der Waals surface area contributed by atoms with Gasteiger partial charge in [-0.1, -0.05) is 19.0 Å². The lowest BCUT2D eigenvalue weighted by Gasteiger charge is -2.45. The molecule has 2 N–H and O–H groups in total. The average Bonchev–Trinajstić information content (AvgIpc) is 3.28. The van der Waals surface area contributed by atoms with E-state index in [2.05, 4.69) is 5.16 Å². The highest BCUT2D eigenvalue weighted by Crippen LogP contribution is 2.49. The van der Waals surface area contributed by atoms with Crippen molar-refractivity contribution in [1.29, 1.82) is 0 Å². The number of nitrogens with zero attached hydrogens (tertiary/aromatic N) is 2. The van der Waals surface area contributed by atoms with E-state index in [0.29, 0.717) is 44.2 Å². The summed E-state index contributed by atoms with van der Waals surface area (Å²) in [7, 11) is 0. The second-order valence-corrected chi connectivity index (χ2v) is 9.35. The van der Waals surface area contributed by atoms with Crippen LogP contribution in [0.25, 0.3) is 0 Å². The second-order valence-electron chi connectivity index (χ2n) is 9.35. The largest absolute Gasteiger partial charge is 0.396 e. The monoisotopic (exact) mass is 408 g/mol. The van der Waals surface area contributed by atoms with Gasteiger partial charge in [0.2, 0.25) is 11.8 Å². The number of likely N-dealkylation sites (tertiary alicyclic amines) is 1. The molecule has 29 heavy (non-hydrogen) atoms. The number of aliphatic hydroxyl groups excluding tert-OH is 2. The van der Waals surface area contributed by atoms with Crippen LogP contribution in [0.2, 0.25) is 0 Å². The lowest BCUT2D eigenvalue weighted by Crippen LogP contribution is -2.54. The van der Waals surface area contributed by atoms with E-state index in [0.717, 1.165) is 12.8 Å². The third-order valence-electron chi connectivity index (χ3n) is 6.87. The Morgan fingerprint density at radius 1 is 1.17 bits per heavy atom. The Labute approximate surface area is 171 Å². The molecule has 8 heteroatoms. The number of rotatable bonds is 5. The van der Waals surface area contributed by atoms with Gasteiger partial charge in [-0.2, -0.15) is 0 Å². The first-order valence-electron chi connectivity index (χ1n) is 10.9. The molecule has 0 aromatic carbocycles. The van der Waals surface area contributed by atoms with Gasteiger partial charge >= 0.3 is 0 Å². The fourth-order valence-electron chi connectivity index (χ4n) is 5.48. The smallest absolute Gasteiger partial charge is 0.233 e. The minimum atomic E-state index is -1.05. The van der Waals surface area contributed by atoms with Crippen molar-refractivity contribution < 1.29 is 29.4 Å². The van der Waals surface area contributed by atoms with E-state index in [9.17, 15) is 19.8 Å². The van der Waals surface area contributed by atoms with E-state index >= 15 is 0 Å². The molecule has 7 atom stereocenters. The van der Waals surface area contributed by atoms with Crippen molar-refractivity contribution in [2.24, 2.45) is 34.7 Å². The van der Waals surface area contributed by atoms with Crippen molar-refractivity contribution in [1.82, 2.24) is 4.90 Å². The number of ether oxygens (including phenoxy) is 1. The summed E-state index contributed by atoms with van der Waals surface area (Å²) in [6.07, 6.45) is 1.13. The number of oxime groups is 1. The van der Waals surface area contributed by atoms with Gasteiger partial charge in [-0.3, -0.25) is 14.5 Å². The number of hydrogen-bond donors (Lipinski definition) is 2. The first-order valence-corrected chi connectivity index (χ1v) is 10.9. The maximum Gasteiger partial charge on any atom is 0.233 e. The highest BCUT2D eigenvalue weighted by Gasteiger charge is 2.59. The van der Waals surface area contributed by atoms with Crippen LogP contribution in [-0.4, -0.2) is 70.7 Å². The first kappa shape index (κ1) is 20.8. The van der Waals surface area contributed by atoms with Crippen LogP contribution in [-0.2, 0) is 19.2 Å². The Morgan fingerprint density at radius 2 is 1.93 bits per heavy atom. The van der Waals surface area contributed by atoms with Crippen LogP contribution in [0, 0.1) is 29.6 Å². The highest BCUT2D eigenvalue weighted by atomic mass is 16.6. The fraction of sp³-hybridized carbons (Fsp3) is 0.857. The topological polar surface area (TPSA) is 109 Å². The summed E-state index contributed by atoms with van der Waals surface area (Å²) in [6.45, 7) is 5.48. The number of hydrogen-bond acceptors (Lipinski definition) is 7. The van der Waals surface area contributed by atoms with E-state index in [1.807, 2.05) is 13.8 Å². The van der Waals surface area contributed by atoms with Crippen LogP contribution < -0.4 is 0 Å². The molecule has 2 amide bonds. The molecule has 8 nitrogen and oxygen atoms in total. The van der Waals surface area contributed by atoms with Gasteiger partial charge in [-0.15, -0.1) is 0 Å². The molecule has 4 aliphatic rings. The Bertz CT molecular complexity index is 674. The van der Waals surface area contributed by atoms with Crippen LogP contribution in [0.3, 0.4) is 0 Å². The maximum atomic E-state index is 13.2. The van der Waals surface area contributed by atoms with Crippen molar-refractivity contribution in [3.05, 3.63) is 0 Å². The Balaban J connectivity index is 1.56. The molecule has 0 aromatic rings. The van der Waals surface area contributed by atoms with Gasteiger partial charge < -0.3 is 19.8 Å². The Kier molecular flexibility index (Phi) is 5.95. The third-order valence-corrected chi connectivity index (χ3v) is 6.87. The van der Waals surface area contributed by atoms with E-state index < -0.39 is 30.0 Å². The number of amides is 2. The predicted molar refractivity (Wildman–Crippen MR) is 104 cm³/mol. The molecule has 0 spiro atoms. The molecule has 4 fully saturated rings. The van der Waals surface area contributed by atoms with Crippen LogP contribution in [0.4, 0.5) is 0 Å². The third kappa shape index (κ3) is 3.82. The molecule has 0 bridgehead atoms. The van der Waals surface area contributed by atoms with E-state index in [1.165, 1.54) is 4.90 Å². The normalized spacial score (nSPS) is 41.2. The van der Waals surface area contributed by atoms with Gasteiger partial charge in [0.1, 0.15) is 6.61 Å². The minimum absolute atomic E-state index is 0.0951. The standard InChI is InChI=1S/C21H32N2O6/c1-11(2)10-29-22-15-8-16(24)19(25)17-13(15)5-6-14-18(17)21(27)23(20(14)26)9-12-4-3-7-28-12/h11-14,16-19,24-25H,3-10H2,1-2H3/b22-15+/t12-,13+,14+,16+,17-,18+,19+/m0/s1. The van der Waals surface area contributed by atoms with Gasteiger partial charge in [-0.25, -0.2) is 0 Å². The molecule has 162 valence electrons. The zero-order valence-electron chi connectivity index (χ0n) is 17.2. The molecule has 2 heterocycles. The van der Waals surface area contributed by atoms with Crippen LogP contribution >= 0.6 is 0 Å². The molecule has 4 rings (SSSR count). The molecule has 2 saturated heterocycles. The molecule has 0 aromatic heterocycles. The highest BCUT2D eigenvalue weighted by molar-refractivity contribution is 6.06. The average molecular weight is 408 g/mol. The summed E-state index contributed by atoms with van der Waals surface area (Å²) in [5.41, 5.74) is 0.699. The van der Waals surface area contributed by atoms with Gasteiger partial charge in [-0.05, 0) is 31.6 Å². The summed E-state index contributed by atoms with van der Waals surface area (Å²) < 4.78 is 5.62. The summed E-state index contributed by atoms with van der Waals surface area (Å²) >= 11 is 0. The van der Waals surface area contributed by atoms with E-state index in [-0.39, 0.29) is 30.3 Å². The van der Waals surface area contributed by atoms with Crippen molar-refractivity contribution in [2.45, 2.75) is 64.3 Å². The first-order chi connectivity index (χ1) is 13.9. The number of aliphatic hydroxyl groups is 2. The summed E-state index contributed by atoms with van der Waals surface area (Å²) in [4.78, 5) is 33.0. The number of carbonyl (C=O) groups is 2. The van der Waals surface area contributed by atoms with E-state index in [1.54, 1.807) is 0 Å². The van der Waals surface area contributed by atoms with Crippen LogP contribution in [0.15, 0.2) is 5.16 Å². The van der Waals surface area contributed by atoms with Crippen molar-refractivity contribution in [3.8, 4) is 0 Å². The maximum absolute atomic E-state index is 13.2. The summed E-state index contributed by atoms with van der Waals surface area (Å²) in [5, 5.41) is 25.5. The number of carbonyl (C=O) groups excluding carboxylic acids is 2. The summed E-state index contributed by atoms with van der Waals surface area (Å²) in [6, 6.07) is 0. The zero-order chi connectivity index (χ0) is 20.7. The molecule has 2 saturated carbocycles. The Hall–Kier alpha value is -1.51. The molecule has 2 aliphatic heterocycles. The molecular weight excluding hydrogens is 376 g/mol. The Morgan fingerprint density at radius 3 is 2.62 bits per heavy atom. The lowest BCUT2D eigenvalue weighted by molar-refractivity contribution is -0.143. The fourth-order valence-corrected chi connectivity index (χ4v) is 5.48. The van der Waals surface area contributed by atoms with Gasteiger partial charge in [0.05, 0.1) is 42.4 Å². The molecule has 0 unspecified atom stereocenters. The zero-order valence-corrected chi connectivity index (χ0v) is 17.2. The quantitative estimate of drug-likeness (QED) is 0.518. The second kappa shape index (κ2) is 8.32. The summed E-state index contributed by atoms with van der Waals surface area (Å²) in [5.74, 6) is -1.76. The van der Waals surface area contributed by atoms with Crippen LogP contribution in [0.5, 0.6) is 0 Å². The minimum Gasteiger partial charge on any atom is -0.396 e. The van der Waals surface area contributed by atoms with Gasteiger partial charge in [0.15, 0.2) is 0 Å². The lowest BCUT2D eigenvalue weighted by atomic mass is 9.60. The number of fused-ring (bicyclic) bond motifs is 3. The molecule has 2 aliphatic carbocycles. The SMILES string of the molecule is CC(C)CO/N=C1\C[C@@H](O)[C@@H](O)[C@@H]2[C@@H]3C(=O)N(C[C@@H]4CCCO4)C(=O)[C@@H]3CC[C@H]12. The number of imide groups is 1. The van der Waals surface area contributed by atoms with Crippen molar-refractivity contribution in [3.63, 3.8) is 0 Å². The predicted octanol–water partition coefficient (Wildman–Crippen LogP) is 0.947. The molecular formula is C21H32N2O6.